The highest BCUT2D eigenvalue weighted by Crippen LogP contribution is 2.44. The summed E-state index contributed by atoms with van der Waals surface area (Å²) >= 11 is 0. The van der Waals surface area contributed by atoms with Crippen molar-refractivity contribution in [2.75, 3.05) is 13.2 Å². The summed E-state index contributed by atoms with van der Waals surface area (Å²) in [7, 11) is 0. The van der Waals surface area contributed by atoms with Crippen molar-refractivity contribution in [3.8, 4) is 0 Å². The van der Waals surface area contributed by atoms with Crippen LogP contribution in [0, 0.1) is 0 Å². The van der Waals surface area contributed by atoms with E-state index in [1.165, 1.54) is 4.90 Å². The fourth-order valence-electron chi connectivity index (χ4n) is 3.23. The molecule has 11 nitrogen and oxygen atoms in total. The van der Waals surface area contributed by atoms with Gasteiger partial charge in [-0.1, -0.05) is 0 Å². The van der Waals surface area contributed by atoms with Gasteiger partial charge in [0.25, 0.3) is 0 Å². The maximum absolute atomic E-state index is 10.8. The lowest BCUT2D eigenvalue weighted by Crippen LogP contribution is -2.76. The number of aliphatic imine (C=N–C) groups is 2. The topological polar surface area (TPSA) is 185 Å². The molecular weight excluding hydrogens is 282 g/mol. The molecule has 3 aliphatic rings. The number of nitrogens with two attached hydrogens (primary N) is 3. The first-order valence-corrected chi connectivity index (χ1v) is 6.37. The van der Waals surface area contributed by atoms with Crippen molar-refractivity contribution < 1.29 is 19.7 Å². The number of nitrogens with zero attached hydrogens (tertiary/aromatic N) is 3. The van der Waals surface area contributed by atoms with Crippen molar-refractivity contribution in [3.63, 3.8) is 0 Å². The SMILES string of the molecule is NC(=O)OC[C@H]1N=C(N)N2CCC(O)(O)[C@@]23NC(N)=N[C@@H]13. The largest absolute Gasteiger partial charge is 0.447 e. The molecule has 0 radical (unpaired) electrons. The number of guanidine groups is 2. The number of amides is 1. The second-order valence-electron chi connectivity index (χ2n) is 5.25. The number of aliphatic hydroxyl groups is 2. The molecule has 1 amide bonds. The quantitative estimate of drug-likeness (QED) is 0.280. The third-order valence-electron chi connectivity index (χ3n) is 4.08. The Hall–Kier alpha value is -2.27. The molecule has 3 heterocycles. The van der Waals surface area contributed by atoms with Crippen LogP contribution in [0.4, 0.5) is 4.79 Å². The van der Waals surface area contributed by atoms with E-state index in [1.54, 1.807) is 0 Å². The Labute approximate surface area is 119 Å². The normalized spacial score (nSPS) is 36.2. The number of rotatable bonds is 2. The molecule has 11 heteroatoms. The lowest BCUT2D eigenvalue weighted by molar-refractivity contribution is -0.221. The number of hydrogen-bond acceptors (Lipinski definition) is 10. The van der Waals surface area contributed by atoms with E-state index in [-0.39, 0.29) is 31.5 Å². The van der Waals surface area contributed by atoms with Crippen LogP contribution in [0.5, 0.6) is 0 Å². The summed E-state index contributed by atoms with van der Waals surface area (Å²) in [5.74, 6) is -1.99. The van der Waals surface area contributed by atoms with Crippen LogP contribution in [0.25, 0.3) is 0 Å². The van der Waals surface area contributed by atoms with Gasteiger partial charge in [0.15, 0.2) is 17.6 Å². The fourth-order valence-corrected chi connectivity index (χ4v) is 3.23. The minimum Gasteiger partial charge on any atom is -0.447 e. The first-order chi connectivity index (χ1) is 9.78. The van der Waals surface area contributed by atoms with Crippen molar-refractivity contribution in [1.82, 2.24) is 10.2 Å². The van der Waals surface area contributed by atoms with E-state index in [1.807, 2.05) is 0 Å². The average molecular weight is 299 g/mol. The van der Waals surface area contributed by atoms with E-state index in [9.17, 15) is 15.0 Å². The Morgan fingerprint density at radius 2 is 2.19 bits per heavy atom. The van der Waals surface area contributed by atoms with E-state index in [2.05, 4.69) is 15.3 Å². The summed E-state index contributed by atoms with van der Waals surface area (Å²) in [6.07, 6.45) is -0.923. The molecule has 0 aromatic carbocycles. The molecule has 0 aromatic rings. The van der Waals surface area contributed by atoms with Gasteiger partial charge in [-0.3, -0.25) is 0 Å². The maximum Gasteiger partial charge on any atom is 0.404 e. The van der Waals surface area contributed by atoms with Crippen LogP contribution >= 0.6 is 0 Å². The Balaban J connectivity index is 2.01. The summed E-state index contributed by atoms with van der Waals surface area (Å²) in [6, 6.07) is -1.50. The zero-order chi connectivity index (χ0) is 15.4. The van der Waals surface area contributed by atoms with Gasteiger partial charge >= 0.3 is 6.09 Å². The number of primary amides is 1. The average Bonchev–Trinajstić information content (AvgIpc) is 2.85. The molecule has 3 atom stereocenters. The summed E-state index contributed by atoms with van der Waals surface area (Å²) in [5.41, 5.74) is 15.1. The number of nitrogens with one attached hydrogen (secondary N) is 1. The second kappa shape index (κ2) is 4.11. The smallest absolute Gasteiger partial charge is 0.404 e. The van der Waals surface area contributed by atoms with Gasteiger partial charge < -0.3 is 42.4 Å². The molecule has 1 fully saturated rings. The van der Waals surface area contributed by atoms with Crippen molar-refractivity contribution in [3.05, 3.63) is 0 Å². The van der Waals surface area contributed by atoms with E-state index >= 15 is 0 Å². The Bertz CT molecular complexity index is 548. The highest BCUT2D eigenvalue weighted by molar-refractivity contribution is 5.87. The predicted octanol–water partition coefficient (Wildman–Crippen LogP) is -3.85. The molecule has 0 aromatic heterocycles. The van der Waals surface area contributed by atoms with Gasteiger partial charge in [0.1, 0.15) is 18.7 Å². The van der Waals surface area contributed by atoms with Crippen LogP contribution in [0.2, 0.25) is 0 Å². The van der Waals surface area contributed by atoms with Crippen LogP contribution in [0.3, 0.4) is 0 Å². The Kier molecular flexibility index (Phi) is 2.68. The van der Waals surface area contributed by atoms with Gasteiger partial charge in [-0.25, -0.2) is 14.8 Å². The molecule has 1 saturated heterocycles. The Morgan fingerprint density at radius 3 is 2.86 bits per heavy atom. The summed E-state index contributed by atoms with van der Waals surface area (Å²) < 4.78 is 4.74. The van der Waals surface area contributed by atoms with Gasteiger partial charge in [0.2, 0.25) is 5.79 Å². The van der Waals surface area contributed by atoms with Gasteiger partial charge in [0, 0.05) is 13.0 Å². The molecule has 0 aliphatic carbocycles. The minimum atomic E-state index is -2.12. The molecule has 0 saturated carbocycles. The second-order valence-corrected chi connectivity index (χ2v) is 5.25. The van der Waals surface area contributed by atoms with Crippen LogP contribution < -0.4 is 22.5 Å². The molecule has 3 rings (SSSR count). The minimum absolute atomic E-state index is 0.0355. The van der Waals surface area contributed by atoms with Crippen molar-refractivity contribution in [2.45, 2.75) is 30.0 Å². The number of ether oxygens (including phenoxy) is 1. The first kappa shape index (κ1) is 13.7. The standard InChI is InChI=1S/C10H17N7O4/c11-6-15-5-4(3-21-8(13)18)14-7(12)17-2-1-9(19,20)10(5,17)16-6/h4-5,19-20H,1-3H2,(H2,12,14)(H2,13,18)(H3,11,15,16)/t4-,5+,10+/m1/s1. The van der Waals surface area contributed by atoms with E-state index in [4.69, 9.17) is 21.9 Å². The monoisotopic (exact) mass is 299 g/mol. The van der Waals surface area contributed by atoms with Gasteiger partial charge in [-0.15, -0.1) is 0 Å². The highest BCUT2D eigenvalue weighted by atomic mass is 16.5. The van der Waals surface area contributed by atoms with Crippen molar-refractivity contribution >= 4 is 18.0 Å². The molecule has 1 spiro atoms. The molecular formula is C10H17N7O4. The van der Waals surface area contributed by atoms with Crippen LogP contribution in [0.15, 0.2) is 9.98 Å². The maximum atomic E-state index is 10.8. The van der Waals surface area contributed by atoms with E-state index in [0.29, 0.717) is 0 Å². The number of carbonyl (C=O) groups is 1. The number of carbonyl (C=O) groups excluding carboxylic acids is 1. The third kappa shape index (κ3) is 1.70. The van der Waals surface area contributed by atoms with Gasteiger partial charge in [-0.2, -0.15) is 0 Å². The van der Waals surface area contributed by atoms with E-state index < -0.39 is 29.6 Å². The third-order valence-corrected chi connectivity index (χ3v) is 4.08. The molecule has 3 aliphatic heterocycles. The van der Waals surface area contributed by atoms with Crippen LogP contribution in [-0.4, -0.2) is 69.8 Å². The summed E-state index contributed by atoms with van der Waals surface area (Å²) in [5, 5.41) is 23.5. The van der Waals surface area contributed by atoms with E-state index in [0.717, 1.165) is 0 Å². The molecule has 9 N–H and O–H groups in total. The zero-order valence-corrected chi connectivity index (χ0v) is 11.1. The summed E-state index contributed by atoms with van der Waals surface area (Å²) in [4.78, 5) is 20.6. The van der Waals surface area contributed by atoms with Gasteiger partial charge in [-0.05, 0) is 0 Å². The molecule has 116 valence electrons. The number of hydrogen-bond donors (Lipinski definition) is 6. The lowest BCUT2D eigenvalue weighted by Gasteiger charge is -2.48. The van der Waals surface area contributed by atoms with Crippen LogP contribution in [-0.2, 0) is 4.74 Å². The molecule has 21 heavy (non-hydrogen) atoms. The predicted molar refractivity (Wildman–Crippen MR) is 70.7 cm³/mol. The lowest BCUT2D eigenvalue weighted by atomic mass is 9.87. The highest BCUT2D eigenvalue weighted by Gasteiger charge is 2.69. The fraction of sp³-hybridized carbons (Fsp3) is 0.700. The Morgan fingerprint density at radius 1 is 1.48 bits per heavy atom. The van der Waals surface area contributed by atoms with Crippen molar-refractivity contribution in [2.24, 2.45) is 27.2 Å². The summed E-state index contributed by atoms with van der Waals surface area (Å²) in [6.45, 7) is 0.0862. The van der Waals surface area contributed by atoms with Crippen molar-refractivity contribution in [1.29, 1.82) is 0 Å². The van der Waals surface area contributed by atoms with Crippen LogP contribution in [0.1, 0.15) is 6.42 Å². The first-order valence-electron chi connectivity index (χ1n) is 6.37. The van der Waals surface area contributed by atoms with Gasteiger partial charge in [0.05, 0.1) is 0 Å². The zero-order valence-electron chi connectivity index (χ0n) is 11.1. The molecule has 0 unspecified atom stereocenters. The molecule has 0 bridgehead atoms.